The van der Waals surface area contributed by atoms with E-state index in [4.69, 9.17) is 9.26 Å². The van der Waals surface area contributed by atoms with E-state index in [1.807, 2.05) is 27.0 Å². The summed E-state index contributed by atoms with van der Waals surface area (Å²) in [6.45, 7) is 6.50. The van der Waals surface area contributed by atoms with Crippen LogP contribution in [0.1, 0.15) is 32.0 Å². The summed E-state index contributed by atoms with van der Waals surface area (Å²) in [7, 11) is 1.98. The molecule has 0 aliphatic carbocycles. The monoisotopic (exact) mass is 334 g/mol. The highest BCUT2D eigenvalue weighted by Gasteiger charge is 2.21. The average Bonchev–Trinajstić information content (AvgIpc) is 2.93. The van der Waals surface area contributed by atoms with Crippen LogP contribution in [0, 0.1) is 5.82 Å². The van der Waals surface area contributed by atoms with E-state index in [9.17, 15) is 4.39 Å². The summed E-state index contributed by atoms with van der Waals surface area (Å²) in [6.07, 6.45) is 1.10. The van der Waals surface area contributed by atoms with E-state index in [1.165, 1.54) is 6.07 Å². The van der Waals surface area contributed by atoms with E-state index in [0.717, 1.165) is 30.9 Å². The lowest BCUT2D eigenvalue weighted by Crippen LogP contribution is -2.23. The van der Waals surface area contributed by atoms with Crippen LogP contribution >= 0.6 is 0 Å². The van der Waals surface area contributed by atoms with E-state index >= 15 is 0 Å². The van der Waals surface area contributed by atoms with Gasteiger partial charge in [0.15, 0.2) is 5.82 Å². The van der Waals surface area contributed by atoms with Crippen molar-refractivity contribution < 1.29 is 13.7 Å². The molecule has 7 heteroatoms. The van der Waals surface area contributed by atoms with Crippen LogP contribution in [0.2, 0.25) is 0 Å². The summed E-state index contributed by atoms with van der Waals surface area (Å²) in [5.41, 5.74) is 1.87. The molecule has 0 amide bonds. The van der Waals surface area contributed by atoms with Crippen LogP contribution in [-0.4, -0.2) is 36.4 Å². The molecule has 0 saturated heterocycles. The Morgan fingerprint density at radius 2 is 2.12 bits per heavy atom. The number of fused-ring (bicyclic) bond motifs is 1. The molecule has 1 aliphatic rings. The Morgan fingerprint density at radius 3 is 2.92 bits per heavy atom. The first-order chi connectivity index (χ1) is 11.5. The molecule has 0 radical (unpaired) electrons. The van der Waals surface area contributed by atoms with E-state index in [0.29, 0.717) is 24.9 Å². The van der Waals surface area contributed by atoms with Gasteiger partial charge < -0.3 is 19.1 Å². The second-order valence-corrected chi connectivity index (χ2v) is 6.29. The Balaban J connectivity index is 1.76. The molecule has 130 valence electrons. The third-order valence-electron chi connectivity index (χ3n) is 3.99. The van der Waals surface area contributed by atoms with Gasteiger partial charge in [0, 0.05) is 20.1 Å². The second kappa shape index (κ2) is 7.17. The lowest BCUT2D eigenvalue weighted by atomic mass is 10.2. The lowest BCUT2D eigenvalue weighted by Gasteiger charge is -2.24. The molecular formula is C17H23FN4O2. The van der Waals surface area contributed by atoms with E-state index in [-0.39, 0.29) is 11.9 Å². The van der Waals surface area contributed by atoms with Gasteiger partial charge in [-0.25, -0.2) is 4.39 Å². The van der Waals surface area contributed by atoms with Gasteiger partial charge in [-0.3, -0.25) is 0 Å². The zero-order chi connectivity index (χ0) is 17.1. The molecule has 2 aromatic rings. The van der Waals surface area contributed by atoms with Crippen LogP contribution in [0.3, 0.4) is 0 Å². The second-order valence-electron chi connectivity index (χ2n) is 6.29. The van der Waals surface area contributed by atoms with Crippen molar-refractivity contribution in [3.05, 3.63) is 35.7 Å². The number of nitrogens with zero attached hydrogens (tertiary/aromatic N) is 4. The number of rotatable bonds is 5. The van der Waals surface area contributed by atoms with Crippen molar-refractivity contribution >= 4 is 11.4 Å². The summed E-state index contributed by atoms with van der Waals surface area (Å²) >= 11 is 0. The molecule has 3 rings (SSSR count). The van der Waals surface area contributed by atoms with Crippen molar-refractivity contribution in [3.63, 3.8) is 0 Å². The number of hydrogen-bond acceptors (Lipinski definition) is 6. The van der Waals surface area contributed by atoms with Gasteiger partial charge in [0.1, 0.15) is 12.4 Å². The van der Waals surface area contributed by atoms with Crippen molar-refractivity contribution in [2.24, 2.45) is 0 Å². The first-order valence-corrected chi connectivity index (χ1v) is 8.21. The van der Waals surface area contributed by atoms with Gasteiger partial charge in [0.25, 0.3) is 0 Å². The van der Waals surface area contributed by atoms with Gasteiger partial charge in [-0.1, -0.05) is 5.16 Å². The van der Waals surface area contributed by atoms with Crippen molar-refractivity contribution in [2.45, 2.75) is 39.5 Å². The molecule has 0 bridgehead atoms. The van der Waals surface area contributed by atoms with E-state index < -0.39 is 0 Å². The summed E-state index contributed by atoms with van der Waals surface area (Å²) in [5.74, 6) is 0.857. The minimum absolute atomic E-state index is 0.120. The number of hydrogen-bond donors (Lipinski definition) is 0. The highest BCUT2D eigenvalue weighted by atomic mass is 19.1. The van der Waals surface area contributed by atoms with Crippen LogP contribution < -0.4 is 9.80 Å². The Hall–Kier alpha value is -2.15. The number of ether oxygens (including phenoxy) is 1. The molecule has 0 spiro atoms. The molecule has 24 heavy (non-hydrogen) atoms. The van der Waals surface area contributed by atoms with Crippen LogP contribution in [0.4, 0.5) is 15.8 Å². The van der Waals surface area contributed by atoms with Gasteiger partial charge in [0.2, 0.25) is 5.89 Å². The third kappa shape index (κ3) is 3.84. The van der Waals surface area contributed by atoms with E-state index in [2.05, 4.69) is 19.9 Å². The topological polar surface area (TPSA) is 54.6 Å². The maximum Gasteiger partial charge on any atom is 0.246 e. The normalized spacial score (nSPS) is 14.9. The molecule has 0 N–H and O–H groups in total. The number of anilines is 2. The van der Waals surface area contributed by atoms with Gasteiger partial charge in [-0.05, 0) is 38.5 Å². The van der Waals surface area contributed by atoms with Crippen molar-refractivity contribution in [1.82, 2.24) is 10.1 Å². The molecule has 0 atom stereocenters. The Bertz CT molecular complexity index is 689. The number of benzene rings is 1. The predicted molar refractivity (Wildman–Crippen MR) is 89.6 cm³/mol. The Labute approximate surface area is 141 Å². The molecule has 1 aliphatic heterocycles. The molecule has 0 fully saturated rings. The minimum Gasteiger partial charge on any atom is -0.373 e. The average molecular weight is 334 g/mol. The van der Waals surface area contributed by atoms with E-state index in [1.54, 1.807) is 6.07 Å². The van der Waals surface area contributed by atoms with Crippen LogP contribution in [0.25, 0.3) is 0 Å². The third-order valence-corrected chi connectivity index (χ3v) is 3.99. The van der Waals surface area contributed by atoms with Gasteiger partial charge in [-0.15, -0.1) is 0 Å². The minimum atomic E-state index is -0.228. The first-order valence-electron chi connectivity index (χ1n) is 8.21. The van der Waals surface area contributed by atoms with Gasteiger partial charge in [0.05, 0.1) is 24.0 Å². The quantitative estimate of drug-likeness (QED) is 0.838. The smallest absolute Gasteiger partial charge is 0.246 e. The maximum absolute atomic E-state index is 13.6. The zero-order valence-corrected chi connectivity index (χ0v) is 14.3. The van der Waals surface area contributed by atoms with Crippen molar-refractivity contribution in [2.75, 3.05) is 29.9 Å². The highest BCUT2D eigenvalue weighted by molar-refractivity contribution is 5.71. The Kier molecular flexibility index (Phi) is 4.99. The molecule has 0 saturated carbocycles. The number of halogens is 1. The predicted octanol–water partition coefficient (Wildman–Crippen LogP) is 2.98. The maximum atomic E-state index is 13.6. The molecule has 0 unspecified atom stereocenters. The highest BCUT2D eigenvalue weighted by Crippen LogP contribution is 2.33. The first kappa shape index (κ1) is 16.7. The zero-order valence-electron chi connectivity index (χ0n) is 14.3. The van der Waals surface area contributed by atoms with Crippen LogP contribution in [-0.2, 0) is 17.9 Å². The van der Waals surface area contributed by atoms with Gasteiger partial charge >= 0.3 is 0 Å². The van der Waals surface area contributed by atoms with Crippen molar-refractivity contribution in [3.8, 4) is 0 Å². The molecule has 1 aromatic carbocycles. The van der Waals surface area contributed by atoms with Crippen molar-refractivity contribution in [1.29, 1.82) is 0 Å². The summed E-state index contributed by atoms with van der Waals surface area (Å²) in [4.78, 5) is 8.61. The molecule has 2 heterocycles. The van der Waals surface area contributed by atoms with Gasteiger partial charge in [-0.2, -0.15) is 4.98 Å². The standard InChI is InChI=1S/C17H23FN4O2/c1-12(2)23-11-16-19-17(24-20-16)10-22-8-4-7-21(3)15-9-13(18)5-6-14(15)22/h5-6,9,12H,4,7-8,10-11H2,1-3H3. The van der Waals surface area contributed by atoms with Crippen LogP contribution in [0.15, 0.2) is 22.7 Å². The molecule has 6 nitrogen and oxygen atoms in total. The van der Waals surface area contributed by atoms with Crippen LogP contribution in [0.5, 0.6) is 0 Å². The summed E-state index contributed by atoms with van der Waals surface area (Å²) in [5, 5.41) is 3.95. The Morgan fingerprint density at radius 1 is 1.29 bits per heavy atom. The fraction of sp³-hybridized carbons (Fsp3) is 0.529. The molecular weight excluding hydrogens is 311 g/mol. The molecule has 1 aromatic heterocycles. The largest absolute Gasteiger partial charge is 0.373 e. The summed E-state index contributed by atoms with van der Waals surface area (Å²) < 4.78 is 24.4. The number of aromatic nitrogens is 2. The lowest BCUT2D eigenvalue weighted by molar-refractivity contribution is 0.0601. The SMILES string of the molecule is CC(C)OCc1noc(CN2CCCN(C)c3cc(F)ccc32)n1. The fourth-order valence-electron chi connectivity index (χ4n) is 2.79. The fourth-order valence-corrected chi connectivity index (χ4v) is 2.79. The summed E-state index contributed by atoms with van der Waals surface area (Å²) in [6, 6.07) is 4.87.